The Morgan fingerprint density at radius 3 is 2.69 bits per heavy atom. The number of hydrogen-bond donors (Lipinski definition) is 2. The van der Waals surface area contributed by atoms with Gasteiger partial charge in [-0.05, 0) is 49.6 Å². The van der Waals surface area contributed by atoms with Crippen LogP contribution in [0.5, 0.6) is 0 Å². The summed E-state index contributed by atoms with van der Waals surface area (Å²) in [5.41, 5.74) is 2.95. The lowest BCUT2D eigenvalue weighted by molar-refractivity contribution is 0.521. The van der Waals surface area contributed by atoms with E-state index in [1.54, 1.807) is 12.3 Å². The zero-order chi connectivity index (χ0) is 24.2. The van der Waals surface area contributed by atoms with Crippen LogP contribution in [0.15, 0.2) is 36.5 Å². The molecule has 1 aromatic carbocycles. The average Bonchev–Trinajstić information content (AvgIpc) is 3.29. The van der Waals surface area contributed by atoms with E-state index >= 15 is 0 Å². The molecule has 0 saturated carbocycles. The Hall–Kier alpha value is -4.04. The van der Waals surface area contributed by atoms with E-state index in [1.165, 1.54) is 0 Å². The second kappa shape index (κ2) is 11.1. The molecule has 1 saturated heterocycles. The Morgan fingerprint density at radius 2 is 1.97 bits per heavy atom. The monoisotopic (exact) mass is 505 g/mol. The first kappa shape index (κ1) is 25.1. The Morgan fingerprint density at radius 1 is 1.14 bits per heavy atom. The van der Waals surface area contributed by atoms with Gasteiger partial charge in [-0.2, -0.15) is 10.2 Å². The van der Waals surface area contributed by atoms with Crippen molar-refractivity contribution in [3.05, 3.63) is 47.2 Å². The van der Waals surface area contributed by atoms with E-state index in [4.69, 9.17) is 16.9 Å². The molecule has 12 heteroatoms. The van der Waals surface area contributed by atoms with Gasteiger partial charge >= 0.3 is 0 Å². The zero-order valence-electron chi connectivity index (χ0n) is 19.2. The van der Waals surface area contributed by atoms with E-state index in [0.29, 0.717) is 22.5 Å². The molecule has 1 aliphatic rings. The molecule has 4 heterocycles. The van der Waals surface area contributed by atoms with Crippen LogP contribution in [0.2, 0.25) is 5.02 Å². The molecule has 0 amide bonds. The minimum absolute atomic E-state index is 0. The number of halogens is 1. The Kier molecular flexibility index (Phi) is 7.75. The fourth-order valence-corrected chi connectivity index (χ4v) is 4.23. The highest BCUT2D eigenvalue weighted by atomic mass is 35.5. The van der Waals surface area contributed by atoms with Gasteiger partial charge in [0, 0.05) is 31.4 Å². The number of nitrogens with zero attached hydrogens (tertiary/aromatic N) is 9. The lowest BCUT2D eigenvalue weighted by Gasteiger charge is -2.33. The molecule has 3 aromatic heterocycles. The van der Waals surface area contributed by atoms with Crippen molar-refractivity contribution in [3.8, 4) is 6.07 Å². The first-order chi connectivity index (χ1) is 17.1. The van der Waals surface area contributed by atoms with Crippen LogP contribution >= 0.6 is 11.6 Å². The van der Waals surface area contributed by atoms with Crippen molar-refractivity contribution in [1.82, 2.24) is 35.2 Å². The summed E-state index contributed by atoms with van der Waals surface area (Å²) >= 11 is 6.39. The number of nitriles is 1. The van der Waals surface area contributed by atoms with Crippen molar-refractivity contribution in [2.45, 2.75) is 46.2 Å². The quantitative estimate of drug-likeness (QED) is 0.372. The summed E-state index contributed by atoms with van der Waals surface area (Å²) in [6.45, 7) is 4.56. The predicted molar refractivity (Wildman–Crippen MR) is 140 cm³/mol. The molecule has 0 atom stereocenters. The first-order valence-electron chi connectivity index (χ1n) is 11.5. The van der Waals surface area contributed by atoms with E-state index < -0.39 is 0 Å². The summed E-state index contributed by atoms with van der Waals surface area (Å²) in [7, 11) is 0. The summed E-state index contributed by atoms with van der Waals surface area (Å²) in [6, 6.07) is 11.6. The van der Waals surface area contributed by atoms with Crippen molar-refractivity contribution in [2.75, 3.05) is 28.6 Å². The Labute approximate surface area is 214 Å². The van der Waals surface area contributed by atoms with E-state index in [-0.39, 0.29) is 13.5 Å². The van der Waals surface area contributed by atoms with Crippen LogP contribution in [-0.2, 0) is 6.54 Å². The van der Waals surface area contributed by atoms with Crippen molar-refractivity contribution < 1.29 is 0 Å². The SMILES string of the molecule is C.CCCn1nnc2cc(Nc3ncc(Cl)c(NC4CCN(c5ccc(C#N)nn5)CC4)n3)ccc21. The van der Waals surface area contributed by atoms with Gasteiger partial charge in [0.1, 0.15) is 16.6 Å². The molecule has 0 aliphatic carbocycles. The molecule has 5 rings (SSSR count). The van der Waals surface area contributed by atoms with Gasteiger partial charge < -0.3 is 15.5 Å². The fraction of sp³-hybridized carbons (Fsp3) is 0.375. The van der Waals surface area contributed by atoms with E-state index in [1.807, 2.05) is 35.0 Å². The van der Waals surface area contributed by atoms with Gasteiger partial charge in [0.2, 0.25) is 5.95 Å². The second-order valence-corrected chi connectivity index (χ2v) is 8.73. The number of hydrogen-bond acceptors (Lipinski definition) is 10. The normalized spacial score (nSPS) is 13.8. The Bertz CT molecular complexity index is 1350. The van der Waals surface area contributed by atoms with Crippen LogP contribution in [0.1, 0.15) is 39.3 Å². The van der Waals surface area contributed by atoms with Crippen LogP contribution in [0.4, 0.5) is 23.3 Å². The molecule has 2 N–H and O–H groups in total. The number of aryl methyl sites for hydroxylation is 1. The molecule has 36 heavy (non-hydrogen) atoms. The third-order valence-corrected chi connectivity index (χ3v) is 6.15. The van der Waals surface area contributed by atoms with Crippen molar-refractivity contribution in [1.29, 1.82) is 5.26 Å². The third-order valence-electron chi connectivity index (χ3n) is 5.87. The Balaban J connectivity index is 0.00000304. The number of anilines is 4. The molecule has 4 aromatic rings. The lowest BCUT2D eigenvalue weighted by Crippen LogP contribution is -2.39. The van der Waals surface area contributed by atoms with E-state index in [9.17, 15) is 0 Å². The summed E-state index contributed by atoms with van der Waals surface area (Å²) < 4.78 is 1.90. The summed E-state index contributed by atoms with van der Waals surface area (Å²) in [6.07, 6.45) is 4.36. The molecule has 0 unspecified atom stereocenters. The van der Waals surface area contributed by atoms with Gasteiger partial charge in [-0.25, -0.2) is 9.67 Å². The van der Waals surface area contributed by atoms with Gasteiger partial charge in [-0.15, -0.1) is 15.3 Å². The summed E-state index contributed by atoms with van der Waals surface area (Å²) in [4.78, 5) is 11.1. The minimum Gasteiger partial charge on any atom is -0.366 e. The number of benzene rings is 1. The van der Waals surface area contributed by atoms with Crippen molar-refractivity contribution >= 4 is 45.9 Å². The maximum absolute atomic E-state index is 8.89. The summed E-state index contributed by atoms with van der Waals surface area (Å²) in [5.74, 6) is 1.82. The average molecular weight is 506 g/mol. The van der Waals surface area contributed by atoms with Crippen LogP contribution in [-0.4, -0.2) is 54.3 Å². The molecule has 0 radical (unpaired) electrons. The van der Waals surface area contributed by atoms with Crippen LogP contribution in [0.25, 0.3) is 11.0 Å². The maximum atomic E-state index is 8.89. The van der Waals surface area contributed by atoms with Crippen molar-refractivity contribution in [2.24, 2.45) is 0 Å². The van der Waals surface area contributed by atoms with Gasteiger partial charge in [0.15, 0.2) is 17.3 Å². The number of rotatable bonds is 7. The highest BCUT2D eigenvalue weighted by Gasteiger charge is 2.22. The van der Waals surface area contributed by atoms with Crippen LogP contribution in [0, 0.1) is 11.3 Å². The van der Waals surface area contributed by atoms with Gasteiger partial charge in [-0.3, -0.25) is 0 Å². The van der Waals surface area contributed by atoms with Gasteiger partial charge in [-0.1, -0.05) is 31.2 Å². The standard InChI is InChI=1S/C23H24ClN11.CH4/c1-2-9-35-20-5-3-16(12-19(20)31-33-35)28-23-26-14-18(24)22(29-23)27-15-7-10-34(11-8-15)21-6-4-17(13-25)30-32-21;/h3-6,12,14-15H,2,7-11H2,1H3,(H2,26,27,28,29);1H4. The molecule has 1 aliphatic heterocycles. The number of nitrogens with one attached hydrogen (secondary N) is 2. The minimum atomic E-state index is 0. The summed E-state index contributed by atoms with van der Waals surface area (Å²) in [5, 5.41) is 32.6. The van der Waals surface area contributed by atoms with E-state index in [2.05, 4.69) is 52.9 Å². The third kappa shape index (κ3) is 5.44. The zero-order valence-corrected chi connectivity index (χ0v) is 19.9. The smallest absolute Gasteiger partial charge is 0.229 e. The van der Waals surface area contributed by atoms with Crippen molar-refractivity contribution in [3.63, 3.8) is 0 Å². The molecule has 1 fully saturated rings. The highest BCUT2D eigenvalue weighted by molar-refractivity contribution is 6.32. The number of fused-ring (bicyclic) bond motifs is 1. The molecule has 186 valence electrons. The molecular formula is C24H28ClN11. The van der Waals surface area contributed by atoms with Crippen LogP contribution in [0.3, 0.4) is 0 Å². The molecule has 0 bridgehead atoms. The number of piperidine rings is 1. The van der Waals surface area contributed by atoms with Crippen LogP contribution < -0.4 is 15.5 Å². The predicted octanol–water partition coefficient (Wildman–Crippen LogP) is 4.41. The highest BCUT2D eigenvalue weighted by Crippen LogP contribution is 2.26. The largest absolute Gasteiger partial charge is 0.366 e. The lowest BCUT2D eigenvalue weighted by atomic mass is 10.1. The molecule has 0 spiro atoms. The number of aromatic nitrogens is 7. The van der Waals surface area contributed by atoms with E-state index in [0.717, 1.165) is 61.4 Å². The van der Waals surface area contributed by atoms with Gasteiger partial charge in [0.25, 0.3) is 0 Å². The molecular weight excluding hydrogens is 478 g/mol. The maximum Gasteiger partial charge on any atom is 0.229 e. The first-order valence-corrected chi connectivity index (χ1v) is 11.9. The topological polar surface area (TPSA) is 133 Å². The fourth-order valence-electron chi connectivity index (χ4n) is 4.08. The molecule has 11 nitrogen and oxygen atoms in total. The van der Waals surface area contributed by atoms with Gasteiger partial charge in [0.05, 0.1) is 11.7 Å². The second-order valence-electron chi connectivity index (χ2n) is 8.33.